The van der Waals surface area contributed by atoms with Gasteiger partial charge in [-0.25, -0.2) is 4.99 Å². The molecule has 0 saturated carbocycles. The van der Waals surface area contributed by atoms with Crippen molar-refractivity contribution in [2.45, 2.75) is 39.0 Å². The van der Waals surface area contributed by atoms with Crippen molar-refractivity contribution >= 4 is 47.2 Å². The first-order valence-corrected chi connectivity index (χ1v) is 10.8. The summed E-state index contributed by atoms with van der Waals surface area (Å²) < 4.78 is 38.0. The maximum Gasteiger partial charge on any atom is 0.416 e. The molecule has 1 amide bonds. The molecule has 0 aliphatic carbocycles. The summed E-state index contributed by atoms with van der Waals surface area (Å²) in [5.74, 6) is 0.627. The Hall–Kier alpha value is -1.82. The molecule has 10 heteroatoms. The van der Waals surface area contributed by atoms with Gasteiger partial charge in [-0.1, -0.05) is 12.1 Å². The number of thiophene rings is 1. The Morgan fingerprint density at radius 1 is 1.19 bits per heavy atom. The Labute approximate surface area is 201 Å². The molecule has 1 aromatic carbocycles. The minimum absolute atomic E-state index is 0. The fourth-order valence-corrected chi connectivity index (χ4v) is 4.11. The van der Waals surface area contributed by atoms with Gasteiger partial charge in [0.25, 0.3) is 0 Å². The summed E-state index contributed by atoms with van der Waals surface area (Å²) >= 11 is 1.74. The maximum atomic E-state index is 12.7. The maximum absolute atomic E-state index is 12.7. The van der Waals surface area contributed by atoms with Crippen molar-refractivity contribution in [3.8, 4) is 0 Å². The number of hydrogen-bond acceptors (Lipinski definition) is 3. The predicted molar refractivity (Wildman–Crippen MR) is 128 cm³/mol. The van der Waals surface area contributed by atoms with E-state index in [0.29, 0.717) is 37.6 Å². The van der Waals surface area contributed by atoms with E-state index in [0.717, 1.165) is 25.1 Å². The van der Waals surface area contributed by atoms with Gasteiger partial charge in [0.1, 0.15) is 0 Å². The number of aliphatic imine (C=N–C) groups is 1. The van der Waals surface area contributed by atoms with Gasteiger partial charge < -0.3 is 15.5 Å². The number of guanidine groups is 1. The third-order valence-corrected chi connectivity index (χ3v) is 5.86. The van der Waals surface area contributed by atoms with Crippen LogP contribution in [0.3, 0.4) is 0 Å². The first kappa shape index (κ1) is 25.4. The molecule has 2 aromatic rings. The molecular weight excluding hydrogens is 540 g/mol. The number of carbonyl (C=O) groups is 1. The Balaban J connectivity index is 0.00000341. The minimum atomic E-state index is -4.34. The number of halogens is 4. The summed E-state index contributed by atoms with van der Waals surface area (Å²) in [4.78, 5) is 20.1. The fraction of sp³-hybridized carbons (Fsp3) is 0.429. The fourth-order valence-electron chi connectivity index (χ4n) is 3.22. The predicted octanol–water partition coefficient (Wildman–Crippen LogP) is 4.42. The van der Waals surface area contributed by atoms with E-state index in [4.69, 9.17) is 0 Å². The molecule has 170 valence electrons. The second kappa shape index (κ2) is 11.7. The smallest absolute Gasteiger partial charge is 0.357 e. The first-order valence-electron chi connectivity index (χ1n) is 9.88. The van der Waals surface area contributed by atoms with Crippen LogP contribution < -0.4 is 10.6 Å². The van der Waals surface area contributed by atoms with Gasteiger partial charge in [0.15, 0.2) is 5.96 Å². The van der Waals surface area contributed by atoms with Crippen LogP contribution in [0.4, 0.5) is 13.2 Å². The van der Waals surface area contributed by atoms with Gasteiger partial charge in [0.2, 0.25) is 5.91 Å². The topological polar surface area (TPSA) is 56.7 Å². The molecule has 0 fully saturated rings. The zero-order chi connectivity index (χ0) is 21.6. The Morgan fingerprint density at radius 3 is 2.61 bits per heavy atom. The van der Waals surface area contributed by atoms with Gasteiger partial charge in [-0.05, 0) is 48.1 Å². The lowest BCUT2D eigenvalue weighted by Gasteiger charge is -2.27. The average molecular weight is 566 g/mol. The molecule has 0 radical (unpaired) electrons. The lowest BCUT2D eigenvalue weighted by Crippen LogP contribution is -2.41. The molecular formula is C21H26F3IN4OS. The van der Waals surface area contributed by atoms with E-state index in [2.05, 4.69) is 27.1 Å². The van der Waals surface area contributed by atoms with E-state index < -0.39 is 11.7 Å². The molecule has 1 aliphatic heterocycles. The van der Waals surface area contributed by atoms with Crippen LogP contribution in [0.1, 0.15) is 34.9 Å². The molecule has 0 atom stereocenters. The first-order chi connectivity index (χ1) is 14.4. The normalized spacial score (nSPS) is 13.9. The largest absolute Gasteiger partial charge is 0.416 e. The van der Waals surface area contributed by atoms with Crippen molar-refractivity contribution in [1.29, 1.82) is 0 Å². The minimum Gasteiger partial charge on any atom is -0.357 e. The molecule has 3 rings (SSSR count). The molecule has 5 nitrogen and oxygen atoms in total. The molecule has 1 aromatic heterocycles. The van der Waals surface area contributed by atoms with Gasteiger partial charge in [0.05, 0.1) is 12.1 Å². The number of alkyl halides is 3. The molecule has 31 heavy (non-hydrogen) atoms. The summed E-state index contributed by atoms with van der Waals surface area (Å²) in [6.07, 6.45) is -3.09. The molecule has 2 N–H and O–H groups in total. The van der Waals surface area contributed by atoms with Gasteiger partial charge >= 0.3 is 6.18 Å². The summed E-state index contributed by atoms with van der Waals surface area (Å²) in [5, 5.41) is 8.28. The van der Waals surface area contributed by atoms with Crippen molar-refractivity contribution in [3.05, 3.63) is 57.3 Å². The SMILES string of the molecule is CCNC(=NCc1ccc(C(F)(F)F)cc1)NCCC(=O)N1CCc2sccc2C1.I. The third-order valence-electron chi connectivity index (χ3n) is 4.84. The van der Waals surface area contributed by atoms with Crippen LogP contribution in [-0.2, 0) is 30.5 Å². The highest BCUT2D eigenvalue weighted by Gasteiger charge is 2.29. The van der Waals surface area contributed by atoms with Crippen molar-refractivity contribution in [1.82, 2.24) is 15.5 Å². The summed E-state index contributed by atoms with van der Waals surface area (Å²) in [5.41, 5.74) is 1.24. The summed E-state index contributed by atoms with van der Waals surface area (Å²) in [6.45, 7) is 4.65. The number of hydrogen-bond donors (Lipinski definition) is 2. The van der Waals surface area contributed by atoms with E-state index in [1.807, 2.05) is 11.8 Å². The van der Waals surface area contributed by atoms with Crippen LogP contribution in [0.15, 0.2) is 40.7 Å². The lowest BCUT2D eigenvalue weighted by atomic mass is 10.1. The highest BCUT2D eigenvalue weighted by molar-refractivity contribution is 14.0. The molecule has 0 bridgehead atoms. The number of benzene rings is 1. The Morgan fingerprint density at radius 2 is 1.94 bits per heavy atom. The Bertz CT molecular complexity index is 883. The second-order valence-electron chi connectivity index (χ2n) is 7.00. The zero-order valence-electron chi connectivity index (χ0n) is 17.2. The van der Waals surface area contributed by atoms with Gasteiger partial charge in [-0.15, -0.1) is 35.3 Å². The number of rotatable bonds is 6. The summed E-state index contributed by atoms with van der Waals surface area (Å²) in [6, 6.07) is 7.04. The van der Waals surface area contributed by atoms with Crippen LogP contribution >= 0.6 is 35.3 Å². The molecule has 0 unspecified atom stereocenters. The number of carbonyl (C=O) groups excluding carboxylic acids is 1. The van der Waals surface area contributed by atoms with Crippen LogP contribution in [0.2, 0.25) is 0 Å². The van der Waals surface area contributed by atoms with E-state index in [-0.39, 0.29) is 36.4 Å². The highest BCUT2D eigenvalue weighted by Crippen LogP contribution is 2.29. The zero-order valence-corrected chi connectivity index (χ0v) is 20.3. The van der Waals surface area contributed by atoms with Crippen LogP contribution in [0, 0.1) is 0 Å². The lowest BCUT2D eigenvalue weighted by molar-refractivity contribution is -0.137. The van der Waals surface area contributed by atoms with E-state index in [9.17, 15) is 18.0 Å². The highest BCUT2D eigenvalue weighted by atomic mass is 127. The van der Waals surface area contributed by atoms with Crippen LogP contribution in [0.5, 0.6) is 0 Å². The average Bonchev–Trinajstić information content (AvgIpc) is 3.19. The standard InChI is InChI=1S/C21H25F3N4OS.HI/c1-2-25-20(27-13-15-3-5-17(6-4-15)21(22,23)24)26-10-7-19(29)28-11-8-18-16(14-28)9-12-30-18;/h3-6,9,12H,2,7-8,10-11,13-14H2,1H3,(H2,25,26,27);1H. The van der Waals surface area contributed by atoms with Crippen LogP contribution in [-0.4, -0.2) is 36.4 Å². The van der Waals surface area contributed by atoms with Crippen molar-refractivity contribution in [3.63, 3.8) is 0 Å². The van der Waals surface area contributed by atoms with E-state index >= 15 is 0 Å². The van der Waals surface area contributed by atoms with Gasteiger partial charge in [0, 0.05) is 37.5 Å². The number of nitrogens with zero attached hydrogens (tertiary/aromatic N) is 2. The van der Waals surface area contributed by atoms with Crippen LogP contribution in [0.25, 0.3) is 0 Å². The number of amides is 1. The molecule has 1 aliphatic rings. The number of fused-ring (bicyclic) bond motifs is 1. The van der Waals surface area contributed by atoms with Gasteiger partial charge in [-0.2, -0.15) is 13.2 Å². The van der Waals surface area contributed by atoms with Crippen molar-refractivity contribution in [2.75, 3.05) is 19.6 Å². The second-order valence-corrected chi connectivity index (χ2v) is 8.00. The van der Waals surface area contributed by atoms with E-state index in [1.54, 1.807) is 11.3 Å². The monoisotopic (exact) mass is 566 g/mol. The van der Waals surface area contributed by atoms with E-state index in [1.165, 1.54) is 22.6 Å². The van der Waals surface area contributed by atoms with Crippen molar-refractivity contribution < 1.29 is 18.0 Å². The molecule has 2 heterocycles. The molecule has 0 spiro atoms. The van der Waals surface area contributed by atoms with Gasteiger partial charge in [-0.3, -0.25) is 4.79 Å². The van der Waals surface area contributed by atoms with Crippen molar-refractivity contribution in [2.24, 2.45) is 4.99 Å². The summed E-state index contributed by atoms with van der Waals surface area (Å²) in [7, 11) is 0. The third kappa shape index (κ3) is 7.37. The molecule has 0 saturated heterocycles. The Kier molecular flexibility index (Phi) is 9.60. The number of nitrogens with one attached hydrogen (secondary N) is 2. The quantitative estimate of drug-likeness (QED) is 0.310.